The number of alkyl halides is 2. The summed E-state index contributed by atoms with van der Waals surface area (Å²) in [6.07, 6.45) is 1.41. The van der Waals surface area contributed by atoms with E-state index in [9.17, 15) is 13.6 Å². The quantitative estimate of drug-likeness (QED) is 0.556. The van der Waals surface area contributed by atoms with Crippen LogP contribution < -0.4 is 10.1 Å². The van der Waals surface area contributed by atoms with E-state index >= 15 is 0 Å². The summed E-state index contributed by atoms with van der Waals surface area (Å²) in [5.74, 6) is 0.0108. The number of nitrogens with zero attached hydrogens (tertiary/aromatic N) is 2. The Morgan fingerprint density at radius 1 is 1.30 bits per heavy atom. The molecule has 0 fully saturated rings. The van der Waals surface area contributed by atoms with Crippen molar-refractivity contribution < 1.29 is 18.3 Å². The molecule has 1 heterocycles. The van der Waals surface area contributed by atoms with Gasteiger partial charge >= 0.3 is 6.61 Å². The van der Waals surface area contributed by atoms with E-state index in [1.54, 1.807) is 12.1 Å². The van der Waals surface area contributed by atoms with Crippen LogP contribution in [-0.4, -0.2) is 27.7 Å². The zero-order chi connectivity index (χ0) is 19.2. The summed E-state index contributed by atoms with van der Waals surface area (Å²) in [6.45, 7) is -2.98. The number of nitrogens with one attached hydrogen (secondary N) is 2. The minimum atomic E-state index is -2.98. The van der Waals surface area contributed by atoms with Crippen LogP contribution in [-0.2, 0) is 5.75 Å². The zero-order valence-electron chi connectivity index (χ0n) is 13.7. The predicted molar refractivity (Wildman–Crippen MR) is 98.4 cm³/mol. The number of amides is 1. The fourth-order valence-corrected chi connectivity index (χ4v) is 3.25. The molecule has 0 aliphatic carbocycles. The summed E-state index contributed by atoms with van der Waals surface area (Å²) in [5, 5.41) is 9.84. The molecular weight excluding hydrogens is 398 g/mol. The highest BCUT2D eigenvalue weighted by Gasteiger charge is 2.14. The lowest BCUT2D eigenvalue weighted by Gasteiger charge is -2.11. The van der Waals surface area contributed by atoms with Gasteiger partial charge in [-0.25, -0.2) is 4.98 Å². The summed E-state index contributed by atoms with van der Waals surface area (Å²) in [5.41, 5.74) is 1.65. The number of hydrogen-bond acceptors (Lipinski definition) is 5. The Bertz CT molecular complexity index is 925. The standard InChI is InChI=1S/C17H13ClF2N4O2S/c18-13-7-11(5-6-14(13)26-16(19)20)23-15(25)12-4-2-1-3-10(12)8-27-17-21-9-22-24-17/h1-7,9,16H,8H2,(H,23,25)(H,21,22,24). The third-order valence-corrected chi connectivity index (χ3v) is 4.65. The number of H-pyrrole nitrogens is 1. The summed E-state index contributed by atoms with van der Waals surface area (Å²) in [6, 6.07) is 11.2. The van der Waals surface area contributed by atoms with Gasteiger partial charge in [0, 0.05) is 17.0 Å². The van der Waals surface area contributed by atoms with Gasteiger partial charge in [-0.1, -0.05) is 41.6 Å². The average Bonchev–Trinajstić information content (AvgIpc) is 3.16. The number of rotatable bonds is 7. The first kappa shape index (κ1) is 19.1. The van der Waals surface area contributed by atoms with E-state index in [0.717, 1.165) is 5.56 Å². The Morgan fingerprint density at radius 3 is 2.81 bits per heavy atom. The maximum atomic E-state index is 12.6. The summed E-state index contributed by atoms with van der Waals surface area (Å²) in [7, 11) is 0. The monoisotopic (exact) mass is 410 g/mol. The van der Waals surface area contributed by atoms with Crippen LogP contribution in [0, 0.1) is 0 Å². The molecule has 2 aromatic carbocycles. The molecule has 0 aliphatic heterocycles. The van der Waals surface area contributed by atoms with Crippen molar-refractivity contribution in [2.45, 2.75) is 17.5 Å². The van der Waals surface area contributed by atoms with Crippen molar-refractivity contribution in [3.05, 3.63) is 64.9 Å². The van der Waals surface area contributed by atoms with Gasteiger partial charge in [0.2, 0.25) is 0 Å². The second-order valence-corrected chi connectivity index (χ2v) is 6.59. The molecule has 0 radical (unpaired) electrons. The SMILES string of the molecule is O=C(Nc1ccc(OC(F)F)c(Cl)c1)c1ccccc1CSc1ncn[nH]1. The molecular formula is C17H13ClF2N4O2S. The van der Waals surface area contributed by atoms with Crippen LogP contribution >= 0.6 is 23.4 Å². The molecule has 140 valence electrons. The molecule has 27 heavy (non-hydrogen) atoms. The van der Waals surface area contributed by atoms with E-state index in [1.807, 2.05) is 12.1 Å². The Morgan fingerprint density at radius 2 is 2.11 bits per heavy atom. The van der Waals surface area contributed by atoms with Crippen molar-refractivity contribution in [1.29, 1.82) is 0 Å². The van der Waals surface area contributed by atoms with Gasteiger partial charge in [-0.05, 0) is 29.8 Å². The lowest BCUT2D eigenvalue weighted by Crippen LogP contribution is -2.14. The molecule has 0 unspecified atom stereocenters. The molecule has 0 atom stereocenters. The second kappa shape index (κ2) is 8.83. The van der Waals surface area contributed by atoms with Crippen LogP contribution in [0.1, 0.15) is 15.9 Å². The first-order valence-corrected chi connectivity index (χ1v) is 9.01. The van der Waals surface area contributed by atoms with Crippen LogP contribution in [0.25, 0.3) is 0 Å². The highest BCUT2D eigenvalue weighted by Crippen LogP contribution is 2.29. The maximum Gasteiger partial charge on any atom is 0.387 e. The van der Waals surface area contributed by atoms with Crippen molar-refractivity contribution in [2.75, 3.05) is 5.32 Å². The topological polar surface area (TPSA) is 79.9 Å². The first-order chi connectivity index (χ1) is 13.0. The van der Waals surface area contributed by atoms with Gasteiger partial charge in [0.05, 0.1) is 5.02 Å². The van der Waals surface area contributed by atoms with E-state index in [1.165, 1.54) is 36.3 Å². The van der Waals surface area contributed by atoms with Crippen LogP contribution in [0.4, 0.5) is 14.5 Å². The summed E-state index contributed by atoms with van der Waals surface area (Å²) < 4.78 is 28.9. The van der Waals surface area contributed by atoms with Crippen molar-refractivity contribution in [2.24, 2.45) is 0 Å². The molecule has 3 rings (SSSR count). The fourth-order valence-electron chi connectivity index (χ4n) is 2.25. The number of thioether (sulfide) groups is 1. The minimum Gasteiger partial charge on any atom is -0.433 e. The van der Waals surface area contributed by atoms with Gasteiger partial charge in [0.25, 0.3) is 5.91 Å². The number of carbonyl (C=O) groups excluding carboxylic acids is 1. The Balaban J connectivity index is 1.71. The molecule has 0 saturated heterocycles. The molecule has 1 aromatic heterocycles. The average molecular weight is 411 g/mol. The molecule has 3 aromatic rings. The highest BCUT2D eigenvalue weighted by molar-refractivity contribution is 7.98. The Hall–Kier alpha value is -2.65. The Kier molecular flexibility index (Phi) is 6.25. The molecule has 0 aliphatic rings. The first-order valence-electron chi connectivity index (χ1n) is 7.64. The van der Waals surface area contributed by atoms with Crippen LogP contribution in [0.2, 0.25) is 5.02 Å². The molecule has 1 amide bonds. The minimum absolute atomic E-state index is 0.0257. The van der Waals surface area contributed by atoms with E-state index in [4.69, 9.17) is 11.6 Å². The smallest absolute Gasteiger partial charge is 0.387 e. The number of hydrogen-bond donors (Lipinski definition) is 2. The third-order valence-electron chi connectivity index (χ3n) is 3.43. The fraction of sp³-hybridized carbons (Fsp3) is 0.118. The van der Waals surface area contributed by atoms with E-state index < -0.39 is 6.61 Å². The molecule has 2 N–H and O–H groups in total. The number of aromatic nitrogens is 3. The van der Waals surface area contributed by atoms with Crippen LogP contribution in [0.3, 0.4) is 0 Å². The largest absolute Gasteiger partial charge is 0.433 e. The number of halogens is 3. The summed E-state index contributed by atoms with van der Waals surface area (Å²) >= 11 is 7.32. The van der Waals surface area contributed by atoms with Gasteiger partial charge in [0.1, 0.15) is 12.1 Å². The number of aromatic amines is 1. The second-order valence-electron chi connectivity index (χ2n) is 5.21. The normalized spacial score (nSPS) is 10.8. The molecule has 0 saturated carbocycles. The predicted octanol–water partition coefficient (Wildman–Crippen LogP) is 4.60. The lowest BCUT2D eigenvalue weighted by molar-refractivity contribution is -0.0497. The molecule has 6 nitrogen and oxygen atoms in total. The van der Waals surface area contributed by atoms with Gasteiger partial charge in [-0.2, -0.15) is 13.9 Å². The molecule has 0 bridgehead atoms. The van der Waals surface area contributed by atoms with E-state index in [0.29, 0.717) is 22.2 Å². The van der Waals surface area contributed by atoms with Crippen LogP contribution in [0.15, 0.2) is 53.9 Å². The zero-order valence-corrected chi connectivity index (χ0v) is 15.2. The van der Waals surface area contributed by atoms with Crippen molar-refractivity contribution in [3.63, 3.8) is 0 Å². The third kappa shape index (κ3) is 5.18. The number of anilines is 1. The van der Waals surface area contributed by atoms with E-state index in [2.05, 4.69) is 25.2 Å². The molecule has 10 heteroatoms. The summed E-state index contributed by atoms with van der Waals surface area (Å²) in [4.78, 5) is 16.6. The number of carbonyl (C=O) groups is 1. The Labute approximate surface area is 162 Å². The number of ether oxygens (including phenoxy) is 1. The van der Waals surface area contributed by atoms with Crippen molar-refractivity contribution >= 4 is 35.0 Å². The van der Waals surface area contributed by atoms with Crippen LogP contribution in [0.5, 0.6) is 5.75 Å². The maximum absolute atomic E-state index is 12.6. The van der Waals surface area contributed by atoms with Gasteiger partial charge in [0.15, 0.2) is 5.16 Å². The number of benzene rings is 2. The van der Waals surface area contributed by atoms with Gasteiger partial charge in [-0.15, -0.1) is 0 Å². The van der Waals surface area contributed by atoms with E-state index in [-0.39, 0.29) is 16.7 Å². The van der Waals surface area contributed by atoms with Crippen molar-refractivity contribution in [1.82, 2.24) is 15.2 Å². The lowest BCUT2D eigenvalue weighted by atomic mass is 10.1. The van der Waals surface area contributed by atoms with Gasteiger partial charge in [-0.3, -0.25) is 9.89 Å². The highest BCUT2D eigenvalue weighted by atomic mass is 35.5. The van der Waals surface area contributed by atoms with Gasteiger partial charge < -0.3 is 10.1 Å². The van der Waals surface area contributed by atoms with Crippen molar-refractivity contribution in [3.8, 4) is 5.75 Å². The molecule has 0 spiro atoms.